The van der Waals surface area contributed by atoms with Crippen molar-refractivity contribution in [1.82, 2.24) is 14.9 Å². The summed E-state index contributed by atoms with van der Waals surface area (Å²) < 4.78 is 12.6. The van der Waals surface area contributed by atoms with Crippen molar-refractivity contribution in [1.29, 1.82) is 0 Å². The summed E-state index contributed by atoms with van der Waals surface area (Å²) in [6, 6.07) is 15.8. The highest BCUT2D eigenvalue weighted by Crippen LogP contribution is 2.20. The minimum atomic E-state index is -0.430. The maximum Gasteiger partial charge on any atom is 0.336 e. The van der Waals surface area contributed by atoms with E-state index in [0.29, 0.717) is 11.3 Å². The van der Waals surface area contributed by atoms with Gasteiger partial charge in [-0.1, -0.05) is 12.1 Å². The van der Waals surface area contributed by atoms with Gasteiger partial charge in [-0.05, 0) is 42.8 Å². The van der Waals surface area contributed by atoms with Crippen LogP contribution in [0.1, 0.15) is 18.5 Å². The lowest BCUT2D eigenvalue weighted by atomic mass is 10.1. The number of aromatic nitrogens is 2. The maximum atomic E-state index is 12.2. The van der Waals surface area contributed by atoms with Crippen LogP contribution in [-0.4, -0.2) is 22.1 Å². The van der Waals surface area contributed by atoms with Crippen LogP contribution in [0.15, 0.2) is 82.5 Å². The van der Waals surface area contributed by atoms with Crippen molar-refractivity contribution in [3.8, 4) is 11.4 Å². The van der Waals surface area contributed by atoms with E-state index in [1.165, 1.54) is 6.07 Å². The monoisotopic (exact) mass is 389 g/mol. The van der Waals surface area contributed by atoms with Crippen molar-refractivity contribution in [3.63, 3.8) is 0 Å². The Labute approximate surface area is 166 Å². The van der Waals surface area contributed by atoms with Crippen LogP contribution >= 0.6 is 0 Å². The summed E-state index contributed by atoms with van der Waals surface area (Å²) in [6.45, 7) is 1.77. The molecule has 4 aromatic rings. The van der Waals surface area contributed by atoms with Gasteiger partial charge in [0, 0.05) is 35.6 Å². The number of hydrogen-bond donors (Lipinski definition) is 1. The predicted molar refractivity (Wildman–Crippen MR) is 108 cm³/mol. The number of nitrogens with zero attached hydrogens (tertiary/aromatic N) is 2. The molecule has 1 N–H and O–H groups in total. The molecule has 0 aliphatic heterocycles. The van der Waals surface area contributed by atoms with E-state index in [4.69, 9.17) is 9.15 Å². The van der Waals surface area contributed by atoms with Gasteiger partial charge in [-0.15, -0.1) is 0 Å². The van der Waals surface area contributed by atoms with Gasteiger partial charge in [0.05, 0.1) is 12.4 Å². The molecule has 7 nitrogen and oxygen atoms in total. The summed E-state index contributed by atoms with van der Waals surface area (Å²) in [5, 5.41) is 3.70. The minimum Gasteiger partial charge on any atom is -0.484 e. The topological polar surface area (TPSA) is 86.4 Å². The molecule has 7 heteroatoms. The Bertz CT molecular complexity index is 1180. The lowest BCUT2D eigenvalue weighted by Gasteiger charge is -2.15. The average Bonchev–Trinajstić information content (AvgIpc) is 3.27. The molecule has 0 saturated carbocycles. The number of imidazole rings is 1. The van der Waals surface area contributed by atoms with Gasteiger partial charge in [-0.25, -0.2) is 9.78 Å². The molecule has 2 heterocycles. The van der Waals surface area contributed by atoms with E-state index in [0.717, 1.165) is 16.6 Å². The van der Waals surface area contributed by atoms with Crippen molar-refractivity contribution in [2.24, 2.45) is 0 Å². The number of carbonyl (C=O) groups is 1. The van der Waals surface area contributed by atoms with Gasteiger partial charge in [0.25, 0.3) is 5.91 Å². The van der Waals surface area contributed by atoms with Crippen molar-refractivity contribution in [3.05, 3.63) is 89.3 Å². The Hall–Kier alpha value is -3.87. The SMILES string of the molecule is CC(NC(=O)COc1ccc2ccc(=O)oc2c1)c1ccc(-n2ccnc2)cc1. The molecule has 1 unspecified atom stereocenters. The average molecular weight is 389 g/mol. The zero-order chi connectivity index (χ0) is 20.2. The molecule has 0 aliphatic rings. The van der Waals surface area contributed by atoms with Gasteiger partial charge in [0.1, 0.15) is 11.3 Å². The molecule has 0 aliphatic carbocycles. The Morgan fingerprint density at radius 1 is 1.17 bits per heavy atom. The number of ether oxygens (including phenoxy) is 1. The third-order valence-corrected chi connectivity index (χ3v) is 4.54. The summed E-state index contributed by atoms with van der Waals surface area (Å²) in [5.74, 6) is 0.213. The normalized spacial score (nSPS) is 11.9. The fourth-order valence-electron chi connectivity index (χ4n) is 2.99. The van der Waals surface area contributed by atoms with Crippen molar-refractivity contribution in [2.45, 2.75) is 13.0 Å². The zero-order valence-corrected chi connectivity index (χ0v) is 15.7. The van der Waals surface area contributed by atoms with E-state index in [2.05, 4.69) is 10.3 Å². The van der Waals surface area contributed by atoms with E-state index < -0.39 is 5.63 Å². The van der Waals surface area contributed by atoms with Crippen LogP contribution in [0.2, 0.25) is 0 Å². The molecule has 1 atom stereocenters. The quantitative estimate of drug-likeness (QED) is 0.512. The first kappa shape index (κ1) is 18.5. The first-order valence-electron chi connectivity index (χ1n) is 9.13. The van der Waals surface area contributed by atoms with Crippen LogP contribution in [0.4, 0.5) is 0 Å². The molecule has 0 bridgehead atoms. The second-order valence-electron chi connectivity index (χ2n) is 6.59. The predicted octanol–water partition coefficient (Wildman–Crippen LogP) is 3.23. The molecule has 1 amide bonds. The first-order valence-corrected chi connectivity index (χ1v) is 9.13. The van der Waals surface area contributed by atoms with Crippen LogP contribution in [0, 0.1) is 0 Å². The molecule has 0 spiro atoms. The first-order chi connectivity index (χ1) is 14.1. The highest BCUT2D eigenvalue weighted by Gasteiger charge is 2.11. The number of amides is 1. The standard InChI is InChI=1S/C22H19N3O4/c1-15(16-2-6-18(7-3-16)25-11-10-23-14-25)24-21(26)13-28-19-8-4-17-5-9-22(27)29-20(17)12-19/h2-12,14-15H,13H2,1H3,(H,24,26). The van der Waals surface area contributed by atoms with Gasteiger partial charge in [0.15, 0.2) is 6.61 Å². The van der Waals surface area contributed by atoms with Crippen LogP contribution in [0.25, 0.3) is 16.7 Å². The molecule has 0 saturated heterocycles. The van der Waals surface area contributed by atoms with Crippen molar-refractivity contribution in [2.75, 3.05) is 6.61 Å². The Balaban J connectivity index is 1.35. The molecule has 146 valence electrons. The van der Waals surface area contributed by atoms with Gasteiger partial charge >= 0.3 is 5.63 Å². The largest absolute Gasteiger partial charge is 0.484 e. The van der Waals surface area contributed by atoms with Crippen LogP contribution in [0.5, 0.6) is 5.75 Å². The Morgan fingerprint density at radius 3 is 2.72 bits per heavy atom. The van der Waals surface area contributed by atoms with Crippen LogP contribution < -0.4 is 15.7 Å². The third-order valence-electron chi connectivity index (χ3n) is 4.54. The molecule has 0 radical (unpaired) electrons. The molecule has 2 aromatic heterocycles. The highest BCUT2D eigenvalue weighted by atomic mass is 16.5. The molecule has 4 rings (SSSR count). The summed E-state index contributed by atoms with van der Waals surface area (Å²) >= 11 is 0. The lowest BCUT2D eigenvalue weighted by molar-refractivity contribution is -0.123. The van der Waals surface area contributed by atoms with E-state index in [9.17, 15) is 9.59 Å². The molecular weight excluding hydrogens is 370 g/mol. The Morgan fingerprint density at radius 2 is 1.97 bits per heavy atom. The van der Waals surface area contributed by atoms with E-state index in [-0.39, 0.29) is 18.6 Å². The number of hydrogen-bond acceptors (Lipinski definition) is 5. The molecular formula is C22H19N3O4. The second-order valence-corrected chi connectivity index (χ2v) is 6.59. The fraction of sp³-hybridized carbons (Fsp3) is 0.136. The van der Waals surface area contributed by atoms with Gasteiger partial charge < -0.3 is 19.0 Å². The van der Waals surface area contributed by atoms with Gasteiger partial charge in [0.2, 0.25) is 0 Å². The van der Waals surface area contributed by atoms with Crippen LogP contribution in [-0.2, 0) is 4.79 Å². The number of fused-ring (bicyclic) bond motifs is 1. The third kappa shape index (κ3) is 4.35. The van der Waals surface area contributed by atoms with Crippen molar-refractivity contribution < 1.29 is 13.9 Å². The number of nitrogens with one attached hydrogen (secondary N) is 1. The minimum absolute atomic E-state index is 0.139. The maximum absolute atomic E-state index is 12.2. The summed E-state index contributed by atoms with van der Waals surface area (Å²) in [5.41, 5.74) is 1.97. The molecule has 29 heavy (non-hydrogen) atoms. The van der Waals surface area contributed by atoms with Gasteiger partial charge in [-0.2, -0.15) is 0 Å². The lowest BCUT2D eigenvalue weighted by Crippen LogP contribution is -2.31. The second kappa shape index (κ2) is 8.02. The molecule has 2 aromatic carbocycles. The van der Waals surface area contributed by atoms with E-state index in [1.54, 1.807) is 36.8 Å². The van der Waals surface area contributed by atoms with E-state index >= 15 is 0 Å². The number of carbonyl (C=O) groups excluding carboxylic acids is 1. The summed E-state index contributed by atoms with van der Waals surface area (Å²) in [7, 11) is 0. The number of rotatable bonds is 6. The highest BCUT2D eigenvalue weighted by molar-refractivity contribution is 5.79. The molecule has 0 fully saturated rings. The summed E-state index contributed by atoms with van der Waals surface area (Å²) in [4.78, 5) is 27.6. The number of benzene rings is 2. The fourth-order valence-corrected chi connectivity index (χ4v) is 2.99. The van der Waals surface area contributed by atoms with Crippen LogP contribution in [0.3, 0.4) is 0 Å². The Kier molecular flexibility index (Phi) is 5.11. The zero-order valence-electron chi connectivity index (χ0n) is 15.7. The van der Waals surface area contributed by atoms with E-state index in [1.807, 2.05) is 42.0 Å². The van der Waals surface area contributed by atoms with Gasteiger partial charge in [-0.3, -0.25) is 4.79 Å². The smallest absolute Gasteiger partial charge is 0.336 e. The summed E-state index contributed by atoms with van der Waals surface area (Å²) in [6.07, 6.45) is 5.32. The van der Waals surface area contributed by atoms with Crippen molar-refractivity contribution >= 4 is 16.9 Å².